The lowest BCUT2D eigenvalue weighted by Crippen LogP contribution is -2.39. The molecule has 6 nitrogen and oxygen atoms in total. The van der Waals surface area contributed by atoms with E-state index in [0.717, 1.165) is 59.7 Å². The van der Waals surface area contributed by atoms with Crippen LogP contribution in [0.5, 0.6) is 11.5 Å². The molecule has 1 aromatic carbocycles. The molecule has 5 rings (SSSR count). The van der Waals surface area contributed by atoms with Crippen LogP contribution in [0.4, 0.5) is 5.69 Å². The highest BCUT2D eigenvalue weighted by atomic mass is 16.7. The smallest absolute Gasteiger partial charge is 0.231 e. The van der Waals surface area contributed by atoms with Gasteiger partial charge in [-0.05, 0) is 44.0 Å². The van der Waals surface area contributed by atoms with Crippen LogP contribution in [0.25, 0.3) is 10.9 Å². The van der Waals surface area contributed by atoms with Gasteiger partial charge in [-0.2, -0.15) is 0 Å². The Bertz CT molecular complexity index is 993. The largest absolute Gasteiger partial charge is 0.454 e. The summed E-state index contributed by atoms with van der Waals surface area (Å²) in [6.07, 6.45) is 4.16. The van der Waals surface area contributed by atoms with Crippen LogP contribution in [-0.2, 0) is 11.3 Å². The molecular formula is C22H23N3O3. The van der Waals surface area contributed by atoms with Gasteiger partial charge in [0.2, 0.25) is 6.79 Å². The van der Waals surface area contributed by atoms with E-state index in [1.54, 1.807) is 0 Å². The van der Waals surface area contributed by atoms with Gasteiger partial charge in [0.15, 0.2) is 11.5 Å². The Labute approximate surface area is 164 Å². The van der Waals surface area contributed by atoms with E-state index in [2.05, 4.69) is 22.0 Å². The van der Waals surface area contributed by atoms with Gasteiger partial charge in [0.1, 0.15) is 0 Å². The van der Waals surface area contributed by atoms with E-state index in [0.29, 0.717) is 6.61 Å². The minimum atomic E-state index is 0.188. The first-order valence-electron chi connectivity index (χ1n) is 9.74. The van der Waals surface area contributed by atoms with Crippen molar-refractivity contribution in [3.8, 4) is 11.5 Å². The second-order valence-electron chi connectivity index (χ2n) is 7.35. The van der Waals surface area contributed by atoms with Crippen LogP contribution >= 0.6 is 0 Å². The highest BCUT2D eigenvalue weighted by Gasteiger charge is 2.24. The van der Waals surface area contributed by atoms with Crippen LogP contribution in [0.2, 0.25) is 0 Å². The van der Waals surface area contributed by atoms with Gasteiger partial charge in [0.05, 0.1) is 23.9 Å². The van der Waals surface area contributed by atoms with Crippen molar-refractivity contribution >= 4 is 16.6 Å². The molecule has 0 amide bonds. The van der Waals surface area contributed by atoms with Crippen molar-refractivity contribution in [2.24, 2.45) is 0 Å². The molecule has 2 aliphatic heterocycles. The van der Waals surface area contributed by atoms with Gasteiger partial charge in [-0.25, -0.2) is 0 Å². The van der Waals surface area contributed by atoms with E-state index in [9.17, 15) is 0 Å². The van der Waals surface area contributed by atoms with E-state index in [1.807, 2.05) is 37.4 Å². The van der Waals surface area contributed by atoms with Crippen molar-refractivity contribution in [3.05, 3.63) is 54.0 Å². The molecule has 6 heteroatoms. The van der Waals surface area contributed by atoms with Crippen LogP contribution in [0.15, 0.2) is 42.6 Å². The SMILES string of the molecule is Cc1cc(N2CCCC(OCc3ccccn3)C2)c2cc3c(cc2n1)OCO3. The fourth-order valence-corrected chi connectivity index (χ4v) is 3.97. The van der Waals surface area contributed by atoms with Crippen molar-refractivity contribution < 1.29 is 14.2 Å². The fourth-order valence-electron chi connectivity index (χ4n) is 3.97. The van der Waals surface area contributed by atoms with E-state index < -0.39 is 0 Å². The van der Waals surface area contributed by atoms with Crippen LogP contribution in [0.3, 0.4) is 0 Å². The van der Waals surface area contributed by atoms with E-state index in [4.69, 9.17) is 19.2 Å². The molecule has 2 aromatic heterocycles. The first-order valence-corrected chi connectivity index (χ1v) is 9.74. The molecule has 144 valence electrons. The molecule has 0 aliphatic carbocycles. The monoisotopic (exact) mass is 377 g/mol. The number of piperidine rings is 1. The van der Waals surface area contributed by atoms with Crippen molar-refractivity contribution in [2.45, 2.75) is 32.5 Å². The minimum Gasteiger partial charge on any atom is -0.454 e. The summed E-state index contributed by atoms with van der Waals surface area (Å²) in [7, 11) is 0. The number of anilines is 1. The molecule has 4 heterocycles. The molecule has 1 fully saturated rings. The highest BCUT2D eigenvalue weighted by molar-refractivity contribution is 5.94. The summed E-state index contributed by atoms with van der Waals surface area (Å²) < 4.78 is 17.3. The predicted octanol–water partition coefficient (Wildman–Crippen LogP) is 3.85. The fraction of sp³-hybridized carbons (Fsp3) is 0.364. The van der Waals surface area contributed by atoms with Crippen LogP contribution in [0, 0.1) is 6.92 Å². The van der Waals surface area contributed by atoms with Gasteiger partial charge in [0, 0.05) is 42.1 Å². The Kier molecular flexibility index (Phi) is 4.49. The minimum absolute atomic E-state index is 0.188. The number of nitrogens with zero attached hydrogens (tertiary/aromatic N) is 3. The van der Waals surface area contributed by atoms with E-state index >= 15 is 0 Å². The Morgan fingerprint density at radius 3 is 2.93 bits per heavy atom. The molecule has 0 bridgehead atoms. The van der Waals surface area contributed by atoms with Gasteiger partial charge in [-0.1, -0.05) is 6.07 Å². The zero-order valence-corrected chi connectivity index (χ0v) is 15.9. The molecule has 0 radical (unpaired) electrons. The third-order valence-corrected chi connectivity index (χ3v) is 5.32. The predicted molar refractivity (Wildman–Crippen MR) is 107 cm³/mol. The van der Waals surface area contributed by atoms with Crippen molar-refractivity contribution in [3.63, 3.8) is 0 Å². The number of rotatable bonds is 4. The van der Waals surface area contributed by atoms with Crippen LogP contribution in [-0.4, -0.2) is 36.0 Å². The summed E-state index contributed by atoms with van der Waals surface area (Å²) in [6, 6.07) is 12.1. The highest BCUT2D eigenvalue weighted by Crippen LogP contribution is 2.39. The van der Waals surface area contributed by atoms with Gasteiger partial charge in [-0.3, -0.25) is 9.97 Å². The molecule has 1 saturated heterocycles. The molecule has 3 aromatic rings. The van der Waals surface area contributed by atoms with Gasteiger partial charge in [-0.15, -0.1) is 0 Å². The second-order valence-corrected chi connectivity index (χ2v) is 7.35. The van der Waals surface area contributed by atoms with Crippen molar-refractivity contribution in [2.75, 3.05) is 24.8 Å². The molecule has 0 saturated carbocycles. The molecule has 1 atom stereocenters. The number of benzene rings is 1. The normalized spacial score (nSPS) is 18.6. The third kappa shape index (κ3) is 3.36. The number of pyridine rings is 2. The number of fused-ring (bicyclic) bond motifs is 2. The molecule has 28 heavy (non-hydrogen) atoms. The van der Waals surface area contributed by atoms with Gasteiger partial charge in [0.25, 0.3) is 0 Å². The lowest BCUT2D eigenvalue weighted by molar-refractivity contribution is 0.0299. The molecule has 2 aliphatic rings. The molecule has 0 N–H and O–H groups in total. The molecule has 1 unspecified atom stereocenters. The third-order valence-electron chi connectivity index (χ3n) is 5.32. The first kappa shape index (κ1) is 17.3. The summed E-state index contributed by atoms with van der Waals surface area (Å²) >= 11 is 0. The maximum atomic E-state index is 6.17. The summed E-state index contributed by atoms with van der Waals surface area (Å²) in [5.74, 6) is 1.56. The maximum absolute atomic E-state index is 6.17. The Morgan fingerprint density at radius 1 is 1.18 bits per heavy atom. The summed E-state index contributed by atoms with van der Waals surface area (Å²) in [4.78, 5) is 11.5. The number of aryl methyl sites for hydroxylation is 1. The Balaban J connectivity index is 1.40. The number of hydrogen-bond acceptors (Lipinski definition) is 6. The zero-order chi connectivity index (χ0) is 18.9. The van der Waals surface area contributed by atoms with Crippen molar-refractivity contribution in [1.82, 2.24) is 9.97 Å². The number of ether oxygens (including phenoxy) is 3. The molecule has 0 spiro atoms. The average Bonchev–Trinajstić information content (AvgIpc) is 3.18. The van der Waals surface area contributed by atoms with Crippen LogP contribution < -0.4 is 14.4 Å². The lowest BCUT2D eigenvalue weighted by atomic mass is 10.0. The maximum Gasteiger partial charge on any atom is 0.231 e. The number of hydrogen-bond donors (Lipinski definition) is 0. The quantitative estimate of drug-likeness (QED) is 0.688. The Morgan fingerprint density at radius 2 is 2.07 bits per heavy atom. The van der Waals surface area contributed by atoms with Crippen LogP contribution in [0.1, 0.15) is 24.2 Å². The number of aromatic nitrogens is 2. The first-order chi connectivity index (χ1) is 13.8. The summed E-state index contributed by atoms with van der Waals surface area (Å²) in [6.45, 7) is 4.73. The van der Waals surface area contributed by atoms with Gasteiger partial charge < -0.3 is 19.1 Å². The molecular weight excluding hydrogens is 354 g/mol. The average molecular weight is 377 g/mol. The standard InChI is InChI=1S/C22H23N3O3/c1-15-9-20(18-10-21-22(28-14-27-21)11-19(18)24-15)25-8-4-6-17(12-25)26-13-16-5-2-3-7-23-16/h2-3,5,7,9-11,17H,4,6,8,12-14H2,1H3. The topological polar surface area (TPSA) is 56.7 Å². The van der Waals surface area contributed by atoms with E-state index in [-0.39, 0.29) is 12.9 Å². The lowest BCUT2D eigenvalue weighted by Gasteiger charge is -2.35. The summed E-state index contributed by atoms with van der Waals surface area (Å²) in [5.41, 5.74) is 4.10. The zero-order valence-electron chi connectivity index (χ0n) is 15.9. The second kappa shape index (κ2) is 7.28. The summed E-state index contributed by atoms with van der Waals surface area (Å²) in [5, 5.41) is 1.10. The van der Waals surface area contributed by atoms with E-state index in [1.165, 1.54) is 5.69 Å². The van der Waals surface area contributed by atoms with Gasteiger partial charge >= 0.3 is 0 Å². The van der Waals surface area contributed by atoms with Crippen molar-refractivity contribution in [1.29, 1.82) is 0 Å². The Hall–Kier alpha value is -2.86.